The van der Waals surface area contributed by atoms with Crippen LogP contribution in [0.1, 0.15) is 50.1 Å². The maximum Gasteiger partial charge on any atom is 0.243 e. The fraction of sp³-hybridized carbons (Fsp3) is 0.516. The number of rotatable bonds is 14. The lowest BCUT2D eigenvalue weighted by Gasteiger charge is -2.26. The van der Waals surface area contributed by atoms with Gasteiger partial charge in [0.2, 0.25) is 17.7 Å². The lowest BCUT2D eigenvalue weighted by Crippen LogP contribution is -2.50. The zero-order valence-corrected chi connectivity index (χ0v) is 23.8. The van der Waals surface area contributed by atoms with E-state index >= 15 is 0 Å². The molecule has 0 radical (unpaired) electrons. The van der Waals surface area contributed by atoms with Gasteiger partial charge in [-0.2, -0.15) is 0 Å². The third-order valence-electron chi connectivity index (χ3n) is 7.81. The molecule has 3 N–H and O–H groups in total. The van der Waals surface area contributed by atoms with Crippen LogP contribution in [0.25, 0.3) is 11.1 Å². The number of ether oxygens (including phenoxy) is 1. The van der Waals surface area contributed by atoms with E-state index in [4.69, 9.17) is 4.74 Å². The number of benzene rings is 2. The maximum atomic E-state index is 14.1. The van der Waals surface area contributed by atoms with Gasteiger partial charge >= 0.3 is 0 Å². The van der Waals surface area contributed by atoms with Gasteiger partial charge in [0.15, 0.2) is 0 Å². The third kappa shape index (κ3) is 8.56. The normalized spacial score (nSPS) is 17.8. The molecule has 2 atom stereocenters. The molecule has 2 heterocycles. The average molecular weight is 587 g/mol. The molecule has 3 amide bonds. The highest BCUT2D eigenvalue weighted by Gasteiger charge is 2.35. The molecule has 42 heavy (non-hydrogen) atoms. The molecule has 2 aromatic carbocycles. The second-order valence-corrected chi connectivity index (χ2v) is 10.7. The molecule has 2 fully saturated rings. The molecule has 228 valence electrons. The number of hydrogen-bond donors (Lipinski definition) is 3. The minimum Gasteiger partial charge on any atom is -0.394 e. The van der Waals surface area contributed by atoms with Crippen molar-refractivity contribution in [3.8, 4) is 11.1 Å². The van der Waals surface area contributed by atoms with Crippen molar-refractivity contribution >= 4 is 17.7 Å². The van der Waals surface area contributed by atoms with E-state index < -0.39 is 36.2 Å². The Bertz CT molecular complexity index is 1190. The Hall–Kier alpha value is -3.41. The molecule has 0 aromatic heterocycles. The molecule has 2 unspecified atom stereocenters. The lowest BCUT2D eigenvalue weighted by atomic mass is 10.00. The summed E-state index contributed by atoms with van der Waals surface area (Å²) in [5.41, 5.74) is 0.727. The summed E-state index contributed by atoms with van der Waals surface area (Å²) in [5, 5.41) is 15.4. The lowest BCUT2D eigenvalue weighted by molar-refractivity contribution is -0.139. The van der Waals surface area contributed by atoms with Crippen LogP contribution in [0, 0.1) is 11.6 Å². The largest absolute Gasteiger partial charge is 0.394 e. The van der Waals surface area contributed by atoms with Crippen molar-refractivity contribution in [1.82, 2.24) is 20.4 Å². The molecule has 2 aliphatic rings. The molecule has 0 aliphatic carbocycles. The number of likely N-dealkylation sites (tertiary alicyclic amines) is 2. The van der Waals surface area contributed by atoms with E-state index in [9.17, 15) is 28.3 Å². The van der Waals surface area contributed by atoms with Crippen LogP contribution in [0.4, 0.5) is 8.78 Å². The molecule has 0 spiro atoms. The van der Waals surface area contributed by atoms with Crippen molar-refractivity contribution in [1.29, 1.82) is 0 Å². The quantitative estimate of drug-likeness (QED) is 0.294. The first-order valence-electron chi connectivity index (χ1n) is 14.7. The second kappa shape index (κ2) is 15.7. The summed E-state index contributed by atoms with van der Waals surface area (Å²) in [7, 11) is 0. The molecule has 2 aliphatic heterocycles. The molecule has 11 heteroatoms. The highest BCUT2D eigenvalue weighted by molar-refractivity contribution is 5.90. The van der Waals surface area contributed by atoms with Gasteiger partial charge < -0.3 is 30.3 Å². The van der Waals surface area contributed by atoms with Crippen LogP contribution < -0.4 is 10.6 Å². The van der Waals surface area contributed by atoms with Crippen LogP contribution in [0.2, 0.25) is 0 Å². The Morgan fingerprint density at radius 2 is 1.69 bits per heavy atom. The predicted molar refractivity (Wildman–Crippen MR) is 153 cm³/mol. The summed E-state index contributed by atoms with van der Waals surface area (Å²) in [4.78, 5) is 42.0. The molecular weight excluding hydrogens is 546 g/mol. The third-order valence-corrected chi connectivity index (χ3v) is 7.81. The molecule has 4 rings (SSSR count). The minimum atomic E-state index is -0.773. The number of nitrogens with zero attached hydrogens (tertiary/aromatic N) is 2. The Morgan fingerprint density at radius 1 is 0.976 bits per heavy atom. The standard InChI is InChI=1S/C31H40F2N4O5/c32-24-6-3-7-25(33)30(24)23-11-9-22(10-12-23)26(21-38)35-31(41)27-8-4-17-37(27)29(40)20-34-28(39)13-19-42-18-5-16-36-14-1-2-15-36/h3,6-7,9-12,26-27,38H,1-2,4-5,8,13-21H2,(H,34,39)(H,35,41). The number of halogens is 2. The predicted octanol–water partition coefficient (Wildman–Crippen LogP) is 2.78. The van der Waals surface area contributed by atoms with E-state index in [-0.39, 0.29) is 37.0 Å². The van der Waals surface area contributed by atoms with Crippen LogP contribution >= 0.6 is 0 Å². The van der Waals surface area contributed by atoms with Gasteiger partial charge in [0.1, 0.15) is 17.7 Å². The summed E-state index contributed by atoms with van der Waals surface area (Å²) in [6.07, 6.45) is 4.68. The van der Waals surface area contributed by atoms with Crippen LogP contribution in [0.5, 0.6) is 0 Å². The molecule has 0 saturated carbocycles. The average Bonchev–Trinajstić information content (AvgIpc) is 3.70. The summed E-state index contributed by atoms with van der Waals surface area (Å²) in [6.45, 7) is 3.95. The number of carbonyl (C=O) groups excluding carboxylic acids is 3. The highest BCUT2D eigenvalue weighted by atomic mass is 19.1. The molecular formula is C31H40F2N4O5. The van der Waals surface area contributed by atoms with Gasteiger partial charge in [0.25, 0.3) is 0 Å². The van der Waals surface area contributed by atoms with E-state index in [1.165, 1.54) is 48.1 Å². The molecule has 0 bridgehead atoms. The number of aliphatic hydroxyl groups is 1. The van der Waals surface area contributed by atoms with Gasteiger partial charge in [-0.1, -0.05) is 30.3 Å². The Morgan fingerprint density at radius 3 is 2.38 bits per heavy atom. The van der Waals surface area contributed by atoms with E-state index in [1.54, 1.807) is 12.1 Å². The number of aliphatic hydroxyl groups excluding tert-OH is 1. The minimum absolute atomic E-state index is 0.152. The van der Waals surface area contributed by atoms with Crippen LogP contribution in [0.15, 0.2) is 42.5 Å². The number of carbonyl (C=O) groups is 3. The topological polar surface area (TPSA) is 111 Å². The summed E-state index contributed by atoms with van der Waals surface area (Å²) >= 11 is 0. The zero-order valence-electron chi connectivity index (χ0n) is 23.8. The maximum absolute atomic E-state index is 14.1. The molecule has 2 aromatic rings. The number of amides is 3. The van der Waals surface area contributed by atoms with Gasteiger partial charge in [0, 0.05) is 26.1 Å². The monoisotopic (exact) mass is 586 g/mol. The fourth-order valence-corrected chi connectivity index (χ4v) is 5.52. The van der Waals surface area contributed by atoms with E-state index in [0.717, 1.165) is 26.1 Å². The first kappa shape index (κ1) is 31.5. The number of nitrogens with one attached hydrogen (secondary N) is 2. The number of hydrogen-bond acceptors (Lipinski definition) is 6. The smallest absolute Gasteiger partial charge is 0.243 e. The molecule has 2 saturated heterocycles. The first-order chi connectivity index (χ1) is 20.4. The first-order valence-corrected chi connectivity index (χ1v) is 14.7. The molecule has 9 nitrogen and oxygen atoms in total. The van der Waals surface area contributed by atoms with Gasteiger partial charge in [-0.15, -0.1) is 0 Å². The van der Waals surface area contributed by atoms with Crippen molar-refractivity contribution in [2.75, 3.05) is 52.5 Å². The van der Waals surface area contributed by atoms with Crippen LogP contribution in [-0.2, 0) is 19.1 Å². The fourth-order valence-electron chi connectivity index (χ4n) is 5.52. The summed E-state index contributed by atoms with van der Waals surface area (Å²) < 4.78 is 33.8. The van der Waals surface area contributed by atoms with Crippen molar-refractivity contribution in [2.24, 2.45) is 0 Å². The van der Waals surface area contributed by atoms with Crippen LogP contribution in [0.3, 0.4) is 0 Å². The van der Waals surface area contributed by atoms with Gasteiger partial charge in [-0.25, -0.2) is 8.78 Å². The SMILES string of the molecule is O=C(CCOCCCN1CCCC1)NCC(=O)N1CCCC1C(=O)NC(CO)c1ccc(-c2c(F)cccc2F)cc1. The Kier molecular flexibility index (Phi) is 11.8. The van der Waals surface area contributed by atoms with E-state index in [0.29, 0.717) is 37.1 Å². The van der Waals surface area contributed by atoms with Crippen LogP contribution in [-0.4, -0.2) is 91.2 Å². The summed E-state index contributed by atoms with van der Waals surface area (Å²) in [5.74, 6) is -2.44. The Labute approximate surface area is 245 Å². The van der Waals surface area contributed by atoms with Gasteiger partial charge in [-0.3, -0.25) is 14.4 Å². The second-order valence-electron chi connectivity index (χ2n) is 10.7. The van der Waals surface area contributed by atoms with Crippen molar-refractivity contribution in [3.05, 3.63) is 59.7 Å². The van der Waals surface area contributed by atoms with Gasteiger partial charge in [-0.05, 0) is 68.5 Å². The highest BCUT2D eigenvalue weighted by Crippen LogP contribution is 2.27. The van der Waals surface area contributed by atoms with Crippen molar-refractivity contribution < 1.29 is 33.0 Å². The van der Waals surface area contributed by atoms with Crippen molar-refractivity contribution in [2.45, 2.75) is 50.6 Å². The van der Waals surface area contributed by atoms with E-state index in [2.05, 4.69) is 15.5 Å². The van der Waals surface area contributed by atoms with Gasteiger partial charge in [0.05, 0.1) is 31.4 Å². The Balaban J connectivity index is 1.21. The summed E-state index contributed by atoms with van der Waals surface area (Å²) in [6, 6.07) is 8.38. The van der Waals surface area contributed by atoms with E-state index in [1.807, 2.05) is 0 Å². The van der Waals surface area contributed by atoms with Crippen molar-refractivity contribution in [3.63, 3.8) is 0 Å². The zero-order chi connectivity index (χ0) is 29.9.